The minimum atomic E-state index is -0.459. The number of anilines is 1. The van der Waals surface area contributed by atoms with E-state index in [4.69, 9.17) is 19.2 Å². The molecule has 3 heterocycles. The van der Waals surface area contributed by atoms with Crippen LogP contribution in [0.3, 0.4) is 0 Å². The summed E-state index contributed by atoms with van der Waals surface area (Å²) in [4.78, 5) is 48.9. The number of carbonyl (C=O) groups is 2. The van der Waals surface area contributed by atoms with Crippen molar-refractivity contribution >= 4 is 40.2 Å². The van der Waals surface area contributed by atoms with Gasteiger partial charge in [0, 0.05) is 71.2 Å². The van der Waals surface area contributed by atoms with E-state index < -0.39 is 5.25 Å². The maximum Gasteiger partial charge on any atom is 0.262 e. The van der Waals surface area contributed by atoms with Crippen LogP contribution in [-0.2, 0) is 20.9 Å². The van der Waals surface area contributed by atoms with Gasteiger partial charge in [0.05, 0.1) is 16.2 Å². The fourth-order valence-corrected chi connectivity index (χ4v) is 6.15. The molecule has 0 unspecified atom stereocenters. The number of methoxy groups -OCH3 is 1. The second kappa shape index (κ2) is 13.9. The molecule has 0 aliphatic carbocycles. The van der Waals surface area contributed by atoms with Crippen LogP contribution in [0.2, 0.25) is 0 Å². The molecule has 12 heteroatoms. The van der Waals surface area contributed by atoms with Gasteiger partial charge in [-0.15, -0.1) is 0 Å². The molecule has 1 saturated heterocycles. The molecule has 0 spiro atoms. The van der Waals surface area contributed by atoms with E-state index in [1.54, 1.807) is 19.2 Å². The standard InChI is InChI=1S/C30H37N5O6S/c1-3-26(28(37)31-11-7-17-39-2)42-30-32-23-19-25-24(40-20-41-25)18-22(23)29(38)35(30)12-10-27(36)34-15-13-33(14-16-34)21-8-5-4-6-9-21/h4-6,8-9,18-19,26H,3,7,10-17,20H2,1-2H3,(H,31,37)/t26-/m0/s1. The number of ether oxygens (including phenoxy) is 3. The molecule has 2 aliphatic rings. The molecule has 2 aromatic carbocycles. The Morgan fingerprint density at radius 2 is 1.83 bits per heavy atom. The Hall–Kier alpha value is -3.77. The molecular weight excluding hydrogens is 558 g/mol. The van der Waals surface area contributed by atoms with Crippen LogP contribution in [0, 0.1) is 0 Å². The lowest BCUT2D eigenvalue weighted by Gasteiger charge is -2.36. The molecule has 3 aromatic rings. The van der Waals surface area contributed by atoms with Gasteiger partial charge in [0.25, 0.3) is 5.56 Å². The van der Waals surface area contributed by atoms with Crippen LogP contribution in [0.25, 0.3) is 10.9 Å². The largest absolute Gasteiger partial charge is 0.454 e. The second-order valence-corrected chi connectivity index (χ2v) is 11.3. The highest BCUT2D eigenvalue weighted by Crippen LogP contribution is 2.35. The van der Waals surface area contributed by atoms with Gasteiger partial charge in [-0.05, 0) is 31.0 Å². The van der Waals surface area contributed by atoms with Gasteiger partial charge in [0.1, 0.15) is 0 Å². The van der Waals surface area contributed by atoms with E-state index in [1.165, 1.54) is 16.3 Å². The van der Waals surface area contributed by atoms with E-state index in [0.29, 0.717) is 66.6 Å². The number of benzene rings is 2. The number of nitrogens with zero attached hydrogens (tertiary/aromatic N) is 4. The predicted molar refractivity (Wildman–Crippen MR) is 161 cm³/mol. The third kappa shape index (κ3) is 6.81. The number of thioether (sulfide) groups is 1. The molecule has 1 aromatic heterocycles. The van der Waals surface area contributed by atoms with Crippen LogP contribution in [0.5, 0.6) is 11.5 Å². The van der Waals surface area contributed by atoms with Gasteiger partial charge in [0.15, 0.2) is 16.7 Å². The maximum absolute atomic E-state index is 13.8. The van der Waals surface area contributed by atoms with Crippen molar-refractivity contribution in [1.82, 2.24) is 19.8 Å². The minimum absolute atomic E-state index is 0.0146. The number of carbonyl (C=O) groups excluding carboxylic acids is 2. The molecule has 2 aliphatic heterocycles. The molecule has 0 bridgehead atoms. The van der Waals surface area contributed by atoms with Gasteiger partial charge in [-0.1, -0.05) is 36.9 Å². The number of hydrogen-bond donors (Lipinski definition) is 1. The van der Waals surface area contributed by atoms with Gasteiger partial charge < -0.3 is 29.3 Å². The molecular formula is C30H37N5O6S. The highest BCUT2D eigenvalue weighted by Gasteiger charge is 2.25. The Balaban J connectivity index is 1.33. The molecule has 1 fully saturated rings. The van der Waals surface area contributed by atoms with Crippen molar-refractivity contribution in [2.45, 2.75) is 43.1 Å². The lowest BCUT2D eigenvalue weighted by molar-refractivity contribution is -0.131. The third-order valence-electron chi connectivity index (χ3n) is 7.45. The average molecular weight is 596 g/mol. The summed E-state index contributed by atoms with van der Waals surface area (Å²) in [5.74, 6) is 0.871. The zero-order valence-electron chi connectivity index (χ0n) is 24.0. The Morgan fingerprint density at radius 3 is 2.55 bits per heavy atom. The van der Waals surface area contributed by atoms with Crippen molar-refractivity contribution in [2.24, 2.45) is 0 Å². The number of aromatic nitrogens is 2. The van der Waals surface area contributed by atoms with E-state index in [0.717, 1.165) is 18.8 Å². The topological polar surface area (TPSA) is 115 Å². The SMILES string of the molecule is CC[C@H](Sc1nc2cc3c(cc2c(=O)n1CCC(=O)N1CCN(c2ccccc2)CC1)OCO3)C(=O)NCCCOC. The molecule has 2 amide bonds. The van der Waals surface area contributed by atoms with E-state index in [1.807, 2.05) is 30.0 Å². The minimum Gasteiger partial charge on any atom is -0.454 e. The predicted octanol–water partition coefficient (Wildman–Crippen LogP) is 2.89. The van der Waals surface area contributed by atoms with E-state index in [-0.39, 0.29) is 37.1 Å². The molecule has 5 rings (SSSR count). The number of para-hydroxylation sites is 1. The summed E-state index contributed by atoms with van der Waals surface area (Å²) in [5.41, 5.74) is 1.33. The van der Waals surface area contributed by atoms with E-state index in [2.05, 4.69) is 22.3 Å². The molecule has 224 valence electrons. The first-order chi connectivity index (χ1) is 20.5. The van der Waals surface area contributed by atoms with Crippen LogP contribution in [0.4, 0.5) is 5.69 Å². The van der Waals surface area contributed by atoms with Gasteiger partial charge in [-0.3, -0.25) is 19.0 Å². The first-order valence-electron chi connectivity index (χ1n) is 14.3. The van der Waals surface area contributed by atoms with Crippen LogP contribution in [-0.4, -0.2) is 84.7 Å². The molecule has 1 atom stereocenters. The maximum atomic E-state index is 13.8. The normalized spacial score (nSPS) is 15.2. The fraction of sp³-hybridized carbons (Fsp3) is 0.467. The Labute approximate surface area is 249 Å². The van der Waals surface area contributed by atoms with Crippen molar-refractivity contribution in [3.05, 3.63) is 52.8 Å². The number of fused-ring (bicyclic) bond motifs is 2. The van der Waals surface area contributed by atoms with Gasteiger partial charge >= 0.3 is 0 Å². The fourth-order valence-electron chi connectivity index (χ4n) is 5.09. The van der Waals surface area contributed by atoms with E-state index >= 15 is 0 Å². The highest BCUT2D eigenvalue weighted by atomic mass is 32.2. The molecule has 1 N–H and O–H groups in total. The Kier molecular flexibility index (Phi) is 9.85. The Morgan fingerprint density at radius 1 is 1.10 bits per heavy atom. The third-order valence-corrected chi connectivity index (χ3v) is 8.81. The first-order valence-corrected chi connectivity index (χ1v) is 15.2. The summed E-state index contributed by atoms with van der Waals surface area (Å²) in [6.45, 7) is 5.94. The number of piperazine rings is 1. The van der Waals surface area contributed by atoms with Crippen LogP contribution in [0.1, 0.15) is 26.2 Å². The molecule has 42 heavy (non-hydrogen) atoms. The number of nitrogens with one attached hydrogen (secondary N) is 1. The van der Waals surface area contributed by atoms with E-state index in [9.17, 15) is 14.4 Å². The van der Waals surface area contributed by atoms with Crippen molar-refractivity contribution in [3.63, 3.8) is 0 Å². The zero-order valence-corrected chi connectivity index (χ0v) is 24.9. The number of rotatable bonds is 12. The summed E-state index contributed by atoms with van der Waals surface area (Å²) in [7, 11) is 1.62. The van der Waals surface area contributed by atoms with Crippen LogP contribution in [0.15, 0.2) is 52.4 Å². The van der Waals surface area contributed by atoms with Gasteiger partial charge in [-0.2, -0.15) is 0 Å². The number of hydrogen-bond acceptors (Lipinski definition) is 9. The molecule has 0 radical (unpaired) electrons. The number of amides is 2. The van der Waals surface area contributed by atoms with Crippen molar-refractivity contribution in [2.75, 3.05) is 58.1 Å². The lowest BCUT2D eigenvalue weighted by Crippen LogP contribution is -2.49. The highest BCUT2D eigenvalue weighted by molar-refractivity contribution is 8.00. The van der Waals surface area contributed by atoms with Crippen LogP contribution >= 0.6 is 11.8 Å². The average Bonchev–Trinajstić information content (AvgIpc) is 3.48. The van der Waals surface area contributed by atoms with Gasteiger partial charge in [0.2, 0.25) is 18.6 Å². The molecule has 11 nitrogen and oxygen atoms in total. The summed E-state index contributed by atoms with van der Waals surface area (Å²) < 4.78 is 17.6. The smallest absolute Gasteiger partial charge is 0.262 e. The lowest BCUT2D eigenvalue weighted by atomic mass is 10.2. The summed E-state index contributed by atoms with van der Waals surface area (Å²) in [6, 6.07) is 13.5. The quantitative estimate of drug-likeness (QED) is 0.192. The van der Waals surface area contributed by atoms with Gasteiger partial charge in [-0.25, -0.2) is 4.98 Å². The summed E-state index contributed by atoms with van der Waals surface area (Å²) in [6.07, 6.45) is 1.40. The monoisotopic (exact) mass is 595 g/mol. The summed E-state index contributed by atoms with van der Waals surface area (Å²) in [5, 5.41) is 3.26. The Bertz CT molecular complexity index is 1460. The summed E-state index contributed by atoms with van der Waals surface area (Å²) >= 11 is 1.24. The first kappa shape index (κ1) is 29.7. The van der Waals surface area contributed by atoms with Crippen molar-refractivity contribution < 1.29 is 23.8 Å². The second-order valence-electron chi connectivity index (χ2n) is 10.2. The van der Waals surface area contributed by atoms with Crippen LogP contribution < -0.4 is 25.2 Å². The van der Waals surface area contributed by atoms with Crippen molar-refractivity contribution in [3.8, 4) is 11.5 Å². The zero-order chi connectivity index (χ0) is 29.5. The molecule has 0 saturated carbocycles. The van der Waals surface area contributed by atoms with Crippen molar-refractivity contribution in [1.29, 1.82) is 0 Å².